The minimum absolute atomic E-state index is 0.0857. The molecular weight excluding hydrogens is 272 g/mol. The molecule has 0 bridgehead atoms. The first-order valence-corrected chi connectivity index (χ1v) is 7.95. The number of carbonyl (C=O) groups is 2. The van der Waals surface area contributed by atoms with Crippen LogP contribution < -0.4 is 10.6 Å². The number of rotatable bonds is 7. The van der Waals surface area contributed by atoms with E-state index in [4.69, 9.17) is 0 Å². The Balaban J connectivity index is 2.56. The van der Waals surface area contributed by atoms with E-state index in [1.165, 1.54) is 11.3 Å². The predicted octanol–water partition coefficient (Wildman–Crippen LogP) is 3.44. The van der Waals surface area contributed by atoms with Crippen molar-refractivity contribution in [1.82, 2.24) is 10.6 Å². The van der Waals surface area contributed by atoms with Crippen LogP contribution in [0.3, 0.4) is 0 Å². The highest BCUT2D eigenvalue weighted by Crippen LogP contribution is 2.15. The highest BCUT2D eigenvalue weighted by molar-refractivity contribution is 7.12. The maximum Gasteiger partial charge on any atom is 0.315 e. The summed E-state index contributed by atoms with van der Waals surface area (Å²) in [6.07, 6.45) is 1.22. The van der Waals surface area contributed by atoms with Crippen molar-refractivity contribution in [2.24, 2.45) is 5.92 Å². The maximum atomic E-state index is 12.1. The van der Waals surface area contributed by atoms with Crippen molar-refractivity contribution in [1.29, 1.82) is 0 Å². The molecule has 1 aromatic rings. The van der Waals surface area contributed by atoms with Gasteiger partial charge in [-0.15, -0.1) is 11.3 Å². The molecule has 0 aromatic carbocycles. The molecular formula is C15H24N2O2S. The van der Waals surface area contributed by atoms with Crippen molar-refractivity contribution in [3.05, 3.63) is 22.4 Å². The van der Waals surface area contributed by atoms with Gasteiger partial charge in [-0.2, -0.15) is 0 Å². The van der Waals surface area contributed by atoms with E-state index in [-0.39, 0.29) is 29.8 Å². The molecule has 2 N–H and O–H groups in total. The summed E-state index contributed by atoms with van der Waals surface area (Å²) in [5.41, 5.74) is 0. The van der Waals surface area contributed by atoms with Crippen LogP contribution in [0.5, 0.6) is 0 Å². The molecule has 2 unspecified atom stereocenters. The Morgan fingerprint density at radius 3 is 2.45 bits per heavy atom. The van der Waals surface area contributed by atoms with Gasteiger partial charge in [0.25, 0.3) is 0 Å². The Labute approximate surface area is 125 Å². The lowest BCUT2D eigenvalue weighted by molar-refractivity contribution is 0.0966. The fraction of sp³-hybridized carbons (Fsp3) is 0.600. The van der Waals surface area contributed by atoms with E-state index in [1.807, 2.05) is 45.2 Å². The molecule has 1 heterocycles. The number of Topliss-reactive ketones (excluding diaryl/α,β-unsaturated/α-hetero) is 1. The molecule has 0 radical (unpaired) electrons. The topological polar surface area (TPSA) is 58.2 Å². The van der Waals surface area contributed by atoms with Gasteiger partial charge in [-0.25, -0.2) is 4.79 Å². The number of urea groups is 1. The average Bonchev–Trinajstić information content (AvgIpc) is 2.91. The number of carbonyl (C=O) groups excluding carboxylic acids is 2. The number of ketones is 1. The molecule has 0 aliphatic rings. The summed E-state index contributed by atoms with van der Waals surface area (Å²) in [7, 11) is 0. The van der Waals surface area contributed by atoms with Gasteiger partial charge in [0.05, 0.1) is 4.88 Å². The SMILES string of the molecule is CCC(C)NC(=O)NC(CC(=O)c1cccs1)C(C)C. The third kappa shape index (κ3) is 5.33. The summed E-state index contributed by atoms with van der Waals surface area (Å²) in [4.78, 5) is 24.7. The van der Waals surface area contributed by atoms with E-state index in [0.29, 0.717) is 6.42 Å². The van der Waals surface area contributed by atoms with Gasteiger partial charge >= 0.3 is 6.03 Å². The lowest BCUT2D eigenvalue weighted by Crippen LogP contribution is -2.47. The van der Waals surface area contributed by atoms with Crippen LogP contribution in [0.1, 0.15) is 50.2 Å². The van der Waals surface area contributed by atoms with Crippen molar-refractivity contribution >= 4 is 23.2 Å². The highest BCUT2D eigenvalue weighted by Gasteiger charge is 2.21. The molecule has 1 aromatic heterocycles. The van der Waals surface area contributed by atoms with Crippen LogP contribution in [0, 0.1) is 5.92 Å². The van der Waals surface area contributed by atoms with Crippen molar-refractivity contribution < 1.29 is 9.59 Å². The second kappa shape index (κ2) is 8.04. The van der Waals surface area contributed by atoms with Crippen molar-refractivity contribution in [2.75, 3.05) is 0 Å². The molecule has 2 amide bonds. The second-order valence-corrected chi connectivity index (χ2v) is 6.33. The minimum atomic E-state index is -0.197. The zero-order valence-corrected chi connectivity index (χ0v) is 13.4. The third-order valence-electron chi connectivity index (χ3n) is 3.31. The summed E-state index contributed by atoms with van der Waals surface area (Å²) in [5.74, 6) is 0.295. The van der Waals surface area contributed by atoms with Crippen LogP contribution >= 0.6 is 11.3 Å². The number of hydrogen-bond acceptors (Lipinski definition) is 3. The van der Waals surface area contributed by atoms with E-state index >= 15 is 0 Å². The lowest BCUT2D eigenvalue weighted by Gasteiger charge is -2.23. The van der Waals surface area contributed by atoms with E-state index in [0.717, 1.165) is 11.3 Å². The molecule has 0 aliphatic heterocycles. The van der Waals surface area contributed by atoms with Crippen molar-refractivity contribution in [3.63, 3.8) is 0 Å². The van der Waals surface area contributed by atoms with Gasteiger partial charge in [-0.3, -0.25) is 4.79 Å². The molecule has 0 saturated heterocycles. The Hall–Kier alpha value is -1.36. The monoisotopic (exact) mass is 296 g/mol. The number of amides is 2. The minimum Gasteiger partial charge on any atom is -0.336 e. The van der Waals surface area contributed by atoms with E-state index < -0.39 is 0 Å². The first kappa shape index (κ1) is 16.7. The molecule has 5 heteroatoms. The Morgan fingerprint density at radius 1 is 1.25 bits per heavy atom. The lowest BCUT2D eigenvalue weighted by atomic mass is 9.98. The molecule has 2 atom stereocenters. The summed E-state index contributed by atoms with van der Waals surface area (Å²) in [6.45, 7) is 8.00. The molecule has 20 heavy (non-hydrogen) atoms. The Bertz CT molecular complexity index is 429. The quantitative estimate of drug-likeness (QED) is 0.757. The maximum absolute atomic E-state index is 12.1. The van der Waals surface area contributed by atoms with Gasteiger partial charge < -0.3 is 10.6 Å². The zero-order valence-electron chi connectivity index (χ0n) is 12.6. The smallest absolute Gasteiger partial charge is 0.315 e. The number of thiophene rings is 1. The van der Waals surface area contributed by atoms with Gasteiger partial charge in [0.2, 0.25) is 0 Å². The Kier molecular flexibility index (Phi) is 6.71. The van der Waals surface area contributed by atoms with E-state index in [1.54, 1.807) is 0 Å². The Morgan fingerprint density at radius 2 is 1.95 bits per heavy atom. The fourth-order valence-corrected chi connectivity index (χ4v) is 2.40. The first-order chi connectivity index (χ1) is 9.43. The number of hydrogen-bond donors (Lipinski definition) is 2. The molecule has 1 rings (SSSR count). The van der Waals surface area contributed by atoms with Crippen LogP contribution in [-0.2, 0) is 0 Å². The summed E-state index contributed by atoms with van der Waals surface area (Å²) in [5, 5.41) is 7.66. The van der Waals surface area contributed by atoms with Crippen LogP contribution in [0.2, 0.25) is 0 Å². The molecule has 0 aliphatic carbocycles. The highest BCUT2D eigenvalue weighted by atomic mass is 32.1. The molecule has 0 spiro atoms. The largest absolute Gasteiger partial charge is 0.336 e. The third-order valence-corrected chi connectivity index (χ3v) is 4.22. The summed E-state index contributed by atoms with van der Waals surface area (Å²) in [6, 6.07) is 3.48. The van der Waals surface area contributed by atoms with Gasteiger partial charge in [0.1, 0.15) is 0 Å². The van der Waals surface area contributed by atoms with Crippen molar-refractivity contribution in [3.8, 4) is 0 Å². The van der Waals surface area contributed by atoms with Gasteiger partial charge in [-0.05, 0) is 30.7 Å². The summed E-state index contributed by atoms with van der Waals surface area (Å²) >= 11 is 1.44. The molecule has 0 saturated carbocycles. The van der Waals surface area contributed by atoms with Crippen molar-refractivity contribution in [2.45, 2.75) is 52.6 Å². The van der Waals surface area contributed by atoms with E-state index in [2.05, 4.69) is 10.6 Å². The van der Waals surface area contributed by atoms with Crippen LogP contribution in [0.25, 0.3) is 0 Å². The first-order valence-electron chi connectivity index (χ1n) is 7.07. The van der Waals surface area contributed by atoms with Crippen LogP contribution in [-0.4, -0.2) is 23.9 Å². The second-order valence-electron chi connectivity index (χ2n) is 5.38. The summed E-state index contributed by atoms with van der Waals surface area (Å²) < 4.78 is 0. The fourth-order valence-electron chi connectivity index (χ4n) is 1.73. The number of nitrogens with one attached hydrogen (secondary N) is 2. The van der Waals surface area contributed by atoms with Gasteiger partial charge in [0.15, 0.2) is 5.78 Å². The zero-order chi connectivity index (χ0) is 15.1. The predicted molar refractivity (Wildman–Crippen MR) is 83.3 cm³/mol. The standard InChI is InChI=1S/C15H24N2O2S/c1-5-11(4)16-15(19)17-12(10(2)3)9-13(18)14-7-6-8-20-14/h6-8,10-12H,5,9H2,1-4H3,(H2,16,17,19). The molecule has 4 nitrogen and oxygen atoms in total. The van der Waals surface area contributed by atoms with E-state index in [9.17, 15) is 9.59 Å². The normalized spacial score (nSPS) is 13.8. The molecule has 0 fully saturated rings. The van der Waals surface area contributed by atoms with Gasteiger partial charge in [0, 0.05) is 18.5 Å². The average molecular weight is 296 g/mol. The van der Waals surface area contributed by atoms with Crippen LogP contribution in [0.4, 0.5) is 4.79 Å². The van der Waals surface area contributed by atoms with Gasteiger partial charge in [-0.1, -0.05) is 26.8 Å². The molecule has 112 valence electrons. The van der Waals surface area contributed by atoms with Crippen LogP contribution in [0.15, 0.2) is 17.5 Å².